The monoisotopic (exact) mass is 232 g/mol. The van der Waals surface area contributed by atoms with Crippen LogP contribution in [0, 0.1) is 0 Å². The summed E-state index contributed by atoms with van der Waals surface area (Å²) >= 11 is 0. The van der Waals surface area contributed by atoms with E-state index in [1.165, 1.54) is 0 Å². The van der Waals surface area contributed by atoms with Crippen LogP contribution in [0.15, 0.2) is 30.6 Å². The maximum atomic E-state index is 10.9. The molecule has 5 nitrogen and oxygen atoms in total. The van der Waals surface area contributed by atoms with E-state index in [2.05, 4.69) is 5.10 Å². The molecule has 1 atom stereocenters. The van der Waals surface area contributed by atoms with Crippen molar-refractivity contribution in [1.82, 2.24) is 9.61 Å². The molecule has 5 heteroatoms. The van der Waals surface area contributed by atoms with E-state index < -0.39 is 17.5 Å². The second kappa shape index (κ2) is 3.30. The smallest absolute Gasteiger partial charge is 0.333 e. The third-order valence-corrected chi connectivity index (χ3v) is 3.51. The molecule has 1 aliphatic carbocycles. The van der Waals surface area contributed by atoms with E-state index in [-0.39, 0.29) is 0 Å². The lowest BCUT2D eigenvalue weighted by atomic mass is 9.91. The van der Waals surface area contributed by atoms with E-state index >= 15 is 0 Å². The number of fused-ring (bicyclic) bond motifs is 1. The summed E-state index contributed by atoms with van der Waals surface area (Å²) < 4.78 is 1.70. The number of nitrogens with zero attached hydrogens (tertiary/aromatic N) is 2. The third kappa shape index (κ3) is 1.36. The van der Waals surface area contributed by atoms with Crippen LogP contribution >= 0.6 is 0 Å². The van der Waals surface area contributed by atoms with E-state index in [4.69, 9.17) is 5.11 Å². The highest BCUT2D eigenvalue weighted by Crippen LogP contribution is 2.52. The SMILES string of the molecule is O=C(O)C(O)C1(c2cnn3ccccc23)CC1. The number of aliphatic hydroxyl groups is 1. The average molecular weight is 232 g/mol. The first-order valence-electron chi connectivity index (χ1n) is 5.49. The quantitative estimate of drug-likeness (QED) is 0.821. The van der Waals surface area contributed by atoms with Crippen LogP contribution in [0.1, 0.15) is 18.4 Å². The van der Waals surface area contributed by atoms with Gasteiger partial charge in [0.1, 0.15) is 0 Å². The predicted octanol–water partition coefficient (Wildman–Crippen LogP) is 0.811. The Morgan fingerprint density at radius 1 is 1.47 bits per heavy atom. The highest BCUT2D eigenvalue weighted by Gasteiger charge is 2.54. The summed E-state index contributed by atoms with van der Waals surface area (Å²) in [6, 6.07) is 5.62. The zero-order valence-corrected chi connectivity index (χ0v) is 9.08. The largest absolute Gasteiger partial charge is 0.479 e. The molecule has 17 heavy (non-hydrogen) atoms. The van der Waals surface area contributed by atoms with Crippen LogP contribution in [0.5, 0.6) is 0 Å². The number of carbonyl (C=O) groups is 1. The van der Waals surface area contributed by atoms with Crippen molar-refractivity contribution in [3.63, 3.8) is 0 Å². The molecule has 1 aliphatic rings. The summed E-state index contributed by atoms with van der Waals surface area (Å²) in [6.45, 7) is 0. The van der Waals surface area contributed by atoms with E-state index in [1.54, 1.807) is 10.7 Å². The van der Waals surface area contributed by atoms with Crippen molar-refractivity contribution in [2.24, 2.45) is 0 Å². The molecule has 0 aliphatic heterocycles. The van der Waals surface area contributed by atoms with Crippen LogP contribution in [0.2, 0.25) is 0 Å². The Labute approximate surface area is 97.3 Å². The normalized spacial score (nSPS) is 19.1. The van der Waals surface area contributed by atoms with Crippen molar-refractivity contribution in [2.45, 2.75) is 24.4 Å². The maximum Gasteiger partial charge on any atom is 0.333 e. The highest BCUT2D eigenvalue weighted by atomic mass is 16.4. The van der Waals surface area contributed by atoms with Crippen LogP contribution in [-0.2, 0) is 10.2 Å². The molecule has 2 aromatic rings. The molecule has 88 valence electrons. The first kappa shape index (κ1) is 10.3. The Bertz CT molecular complexity index is 586. The van der Waals surface area contributed by atoms with Gasteiger partial charge in [-0.3, -0.25) is 0 Å². The van der Waals surface area contributed by atoms with Crippen LogP contribution < -0.4 is 0 Å². The van der Waals surface area contributed by atoms with E-state index in [9.17, 15) is 9.90 Å². The number of hydrogen-bond donors (Lipinski definition) is 2. The second-order valence-electron chi connectivity index (χ2n) is 4.49. The molecule has 3 rings (SSSR count). The van der Waals surface area contributed by atoms with Crippen molar-refractivity contribution in [3.8, 4) is 0 Å². The highest BCUT2D eigenvalue weighted by molar-refractivity contribution is 5.77. The van der Waals surface area contributed by atoms with Crippen LogP contribution in [0.25, 0.3) is 5.52 Å². The molecule has 0 saturated heterocycles. The van der Waals surface area contributed by atoms with Crippen molar-refractivity contribution >= 4 is 11.5 Å². The van der Waals surface area contributed by atoms with Gasteiger partial charge in [0.05, 0.1) is 11.7 Å². The number of pyridine rings is 1. The van der Waals surface area contributed by atoms with Gasteiger partial charge in [-0.2, -0.15) is 5.10 Å². The zero-order valence-electron chi connectivity index (χ0n) is 9.08. The Kier molecular flexibility index (Phi) is 2.00. The molecule has 0 radical (unpaired) electrons. The Morgan fingerprint density at radius 3 is 2.88 bits per heavy atom. The lowest BCUT2D eigenvalue weighted by Crippen LogP contribution is -2.33. The summed E-state index contributed by atoms with van der Waals surface area (Å²) in [5.41, 5.74) is 1.05. The van der Waals surface area contributed by atoms with Gasteiger partial charge < -0.3 is 10.2 Å². The molecule has 2 N–H and O–H groups in total. The molecule has 0 spiro atoms. The number of hydrogen-bond acceptors (Lipinski definition) is 3. The van der Waals surface area contributed by atoms with Crippen molar-refractivity contribution in [1.29, 1.82) is 0 Å². The van der Waals surface area contributed by atoms with E-state index in [0.29, 0.717) is 12.8 Å². The average Bonchev–Trinajstić information content (AvgIpc) is 3.02. The van der Waals surface area contributed by atoms with Crippen molar-refractivity contribution in [3.05, 3.63) is 36.2 Å². The first-order chi connectivity index (χ1) is 8.15. The molecule has 0 bridgehead atoms. The van der Waals surface area contributed by atoms with Gasteiger partial charge in [-0.15, -0.1) is 0 Å². The Balaban J connectivity index is 2.13. The molecular formula is C12H12N2O3. The Morgan fingerprint density at radius 2 is 2.24 bits per heavy atom. The second-order valence-corrected chi connectivity index (χ2v) is 4.49. The minimum Gasteiger partial charge on any atom is -0.479 e. The Hall–Kier alpha value is -1.88. The standard InChI is InChI=1S/C12H12N2O3/c15-10(11(16)17)12(4-5-12)8-7-13-14-6-2-1-3-9(8)14/h1-3,6-7,10,15H,4-5H2,(H,16,17). The molecule has 0 amide bonds. The zero-order chi connectivity index (χ0) is 12.0. The maximum absolute atomic E-state index is 10.9. The minimum atomic E-state index is -1.35. The lowest BCUT2D eigenvalue weighted by Gasteiger charge is -2.17. The van der Waals surface area contributed by atoms with E-state index in [0.717, 1.165) is 11.1 Å². The minimum absolute atomic E-state index is 0.644. The molecular weight excluding hydrogens is 220 g/mol. The summed E-state index contributed by atoms with van der Waals surface area (Å²) in [5, 5.41) is 22.9. The van der Waals surface area contributed by atoms with Crippen molar-refractivity contribution < 1.29 is 15.0 Å². The molecule has 1 fully saturated rings. The predicted molar refractivity (Wildman–Crippen MR) is 59.7 cm³/mol. The first-order valence-corrected chi connectivity index (χ1v) is 5.49. The topological polar surface area (TPSA) is 74.8 Å². The van der Waals surface area contributed by atoms with E-state index in [1.807, 2.05) is 24.4 Å². The molecule has 0 aromatic carbocycles. The third-order valence-electron chi connectivity index (χ3n) is 3.51. The molecule has 1 unspecified atom stereocenters. The lowest BCUT2D eigenvalue weighted by molar-refractivity contribution is -0.148. The summed E-state index contributed by atoms with van der Waals surface area (Å²) in [4.78, 5) is 10.9. The number of rotatable bonds is 3. The fourth-order valence-corrected chi connectivity index (χ4v) is 2.38. The fraction of sp³-hybridized carbons (Fsp3) is 0.333. The van der Waals surface area contributed by atoms with Gasteiger partial charge in [0.2, 0.25) is 0 Å². The van der Waals surface area contributed by atoms with Crippen LogP contribution in [0.3, 0.4) is 0 Å². The van der Waals surface area contributed by atoms with Crippen LogP contribution in [0.4, 0.5) is 0 Å². The fourth-order valence-electron chi connectivity index (χ4n) is 2.38. The van der Waals surface area contributed by atoms with Gasteiger partial charge in [0.25, 0.3) is 0 Å². The van der Waals surface area contributed by atoms with Crippen molar-refractivity contribution in [2.75, 3.05) is 0 Å². The van der Waals surface area contributed by atoms with Gasteiger partial charge in [-0.05, 0) is 25.0 Å². The number of carboxylic acids is 1. The van der Waals surface area contributed by atoms with Gasteiger partial charge in [0, 0.05) is 17.2 Å². The molecule has 2 heterocycles. The van der Waals surface area contributed by atoms with Gasteiger partial charge >= 0.3 is 5.97 Å². The summed E-state index contributed by atoms with van der Waals surface area (Å²) in [6.07, 6.45) is 3.50. The van der Waals surface area contributed by atoms with Gasteiger partial charge in [-0.1, -0.05) is 6.07 Å². The number of aliphatic hydroxyl groups excluding tert-OH is 1. The molecule has 2 aromatic heterocycles. The molecule has 1 saturated carbocycles. The number of carboxylic acid groups (broad SMARTS) is 1. The van der Waals surface area contributed by atoms with Gasteiger partial charge in [-0.25, -0.2) is 9.31 Å². The summed E-state index contributed by atoms with van der Waals surface area (Å²) in [7, 11) is 0. The van der Waals surface area contributed by atoms with Crippen LogP contribution in [-0.4, -0.2) is 31.9 Å². The number of aliphatic carboxylic acids is 1. The van der Waals surface area contributed by atoms with Gasteiger partial charge in [0.15, 0.2) is 6.10 Å². The summed E-state index contributed by atoms with van der Waals surface area (Å²) in [5.74, 6) is -1.17. The number of aromatic nitrogens is 2.